The van der Waals surface area contributed by atoms with Crippen molar-refractivity contribution in [3.05, 3.63) is 0 Å². The van der Waals surface area contributed by atoms with E-state index in [0.717, 1.165) is 6.42 Å². The lowest BCUT2D eigenvalue weighted by molar-refractivity contribution is -0.137. The van der Waals surface area contributed by atoms with Crippen molar-refractivity contribution in [1.82, 2.24) is 5.32 Å². The average molecular weight is 187 g/mol. The fraction of sp³-hybridized carbons (Fsp3) is 0.900. The van der Waals surface area contributed by atoms with Crippen molar-refractivity contribution >= 4 is 5.97 Å². The molecule has 0 bridgehead atoms. The Bertz CT molecular complexity index is 161. The van der Waals surface area contributed by atoms with E-state index in [9.17, 15) is 4.79 Å². The van der Waals surface area contributed by atoms with E-state index in [4.69, 9.17) is 5.11 Å². The second kappa shape index (κ2) is 5.22. The molecule has 0 aliphatic rings. The second-order valence-electron chi connectivity index (χ2n) is 4.43. The lowest BCUT2D eigenvalue weighted by Crippen LogP contribution is -2.43. The number of hydrogen-bond acceptors (Lipinski definition) is 2. The van der Waals surface area contributed by atoms with Crippen LogP contribution in [0.1, 0.15) is 47.0 Å². The van der Waals surface area contributed by atoms with Crippen LogP contribution in [0, 0.1) is 0 Å². The van der Waals surface area contributed by atoms with E-state index in [0.29, 0.717) is 12.5 Å². The summed E-state index contributed by atoms with van der Waals surface area (Å²) >= 11 is 0. The largest absolute Gasteiger partial charge is 0.481 e. The highest BCUT2D eigenvalue weighted by atomic mass is 16.4. The molecular weight excluding hydrogens is 166 g/mol. The summed E-state index contributed by atoms with van der Waals surface area (Å²) in [5.74, 6) is -0.714. The zero-order chi connectivity index (χ0) is 10.5. The van der Waals surface area contributed by atoms with Crippen molar-refractivity contribution in [2.75, 3.05) is 0 Å². The van der Waals surface area contributed by atoms with Gasteiger partial charge in [-0.3, -0.25) is 4.79 Å². The fourth-order valence-electron chi connectivity index (χ4n) is 1.29. The molecular formula is C10H21NO2. The summed E-state index contributed by atoms with van der Waals surface area (Å²) in [6, 6.07) is 0.316. The third-order valence-corrected chi connectivity index (χ3v) is 1.84. The van der Waals surface area contributed by atoms with Gasteiger partial charge < -0.3 is 10.4 Å². The van der Waals surface area contributed by atoms with Crippen molar-refractivity contribution in [3.8, 4) is 0 Å². The molecule has 0 radical (unpaired) electrons. The van der Waals surface area contributed by atoms with Crippen LogP contribution in [0.25, 0.3) is 0 Å². The number of hydrogen-bond donors (Lipinski definition) is 2. The average Bonchev–Trinajstić information content (AvgIpc) is 1.95. The van der Waals surface area contributed by atoms with E-state index in [-0.39, 0.29) is 12.0 Å². The number of rotatable bonds is 5. The van der Waals surface area contributed by atoms with Gasteiger partial charge in [-0.2, -0.15) is 0 Å². The Kier molecular flexibility index (Phi) is 4.99. The molecule has 0 amide bonds. The summed E-state index contributed by atoms with van der Waals surface area (Å²) in [5, 5.41) is 11.9. The molecule has 0 aromatic carbocycles. The van der Waals surface area contributed by atoms with Gasteiger partial charge in [0.25, 0.3) is 0 Å². The number of carbonyl (C=O) groups is 1. The minimum Gasteiger partial charge on any atom is -0.481 e. The van der Waals surface area contributed by atoms with Crippen LogP contribution in [0.3, 0.4) is 0 Å². The molecule has 0 fully saturated rings. The first-order chi connectivity index (χ1) is 5.85. The first kappa shape index (κ1) is 12.4. The summed E-state index contributed by atoms with van der Waals surface area (Å²) < 4.78 is 0. The molecule has 2 N–H and O–H groups in total. The molecule has 3 heteroatoms. The van der Waals surface area contributed by atoms with Crippen molar-refractivity contribution in [1.29, 1.82) is 0 Å². The van der Waals surface area contributed by atoms with Gasteiger partial charge in [0.2, 0.25) is 0 Å². The lowest BCUT2D eigenvalue weighted by Gasteiger charge is -2.27. The molecule has 0 unspecified atom stereocenters. The van der Waals surface area contributed by atoms with Crippen LogP contribution in [-0.4, -0.2) is 22.7 Å². The highest BCUT2D eigenvalue weighted by Crippen LogP contribution is 2.08. The van der Waals surface area contributed by atoms with E-state index in [1.807, 2.05) is 0 Å². The molecule has 0 aromatic heterocycles. The monoisotopic (exact) mass is 187 g/mol. The zero-order valence-electron chi connectivity index (χ0n) is 9.05. The van der Waals surface area contributed by atoms with Gasteiger partial charge in [-0.15, -0.1) is 0 Å². The molecule has 0 aliphatic heterocycles. The van der Waals surface area contributed by atoms with Crippen LogP contribution in [0.2, 0.25) is 0 Å². The SMILES string of the molecule is CC[C@H](CCC(=O)O)NC(C)(C)C. The Hall–Kier alpha value is -0.570. The van der Waals surface area contributed by atoms with Gasteiger partial charge in [-0.1, -0.05) is 6.92 Å². The predicted octanol–water partition coefficient (Wildman–Crippen LogP) is 2.02. The predicted molar refractivity (Wildman–Crippen MR) is 53.8 cm³/mol. The Balaban J connectivity index is 3.83. The topological polar surface area (TPSA) is 49.3 Å². The molecule has 0 rings (SSSR count). The summed E-state index contributed by atoms with van der Waals surface area (Å²) in [6.45, 7) is 8.36. The Morgan fingerprint density at radius 3 is 2.31 bits per heavy atom. The van der Waals surface area contributed by atoms with Crippen LogP contribution in [0.5, 0.6) is 0 Å². The van der Waals surface area contributed by atoms with Gasteiger partial charge in [0.1, 0.15) is 0 Å². The van der Waals surface area contributed by atoms with E-state index in [1.165, 1.54) is 0 Å². The standard InChI is InChI=1S/C10H21NO2/c1-5-8(6-7-9(12)13)11-10(2,3)4/h8,11H,5-7H2,1-4H3,(H,12,13)/t8-/m1/s1. The number of nitrogens with one attached hydrogen (secondary N) is 1. The maximum Gasteiger partial charge on any atom is 0.303 e. The summed E-state index contributed by atoms with van der Waals surface area (Å²) in [7, 11) is 0. The van der Waals surface area contributed by atoms with E-state index in [1.54, 1.807) is 0 Å². The van der Waals surface area contributed by atoms with Gasteiger partial charge in [0.15, 0.2) is 0 Å². The van der Waals surface area contributed by atoms with Crippen LogP contribution >= 0.6 is 0 Å². The van der Waals surface area contributed by atoms with Gasteiger partial charge in [-0.05, 0) is 33.6 Å². The van der Waals surface area contributed by atoms with E-state index < -0.39 is 5.97 Å². The van der Waals surface area contributed by atoms with Gasteiger partial charge in [0, 0.05) is 18.0 Å². The molecule has 1 atom stereocenters. The molecule has 0 aromatic rings. The summed E-state index contributed by atoms with van der Waals surface area (Å²) in [5.41, 5.74) is 0.0686. The van der Waals surface area contributed by atoms with Gasteiger partial charge >= 0.3 is 5.97 Å². The van der Waals surface area contributed by atoms with Crippen molar-refractivity contribution < 1.29 is 9.90 Å². The van der Waals surface area contributed by atoms with Gasteiger partial charge in [-0.25, -0.2) is 0 Å². The molecule has 3 nitrogen and oxygen atoms in total. The maximum absolute atomic E-state index is 10.4. The second-order valence-corrected chi connectivity index (χ2v) is 4.43. The number of carboxylic acid groups (broad SMARTS) is 1. The van der Waals surface area contributed by atoms with Crippen molar-refractivity contribution in [2.45, 2.75) is 58.5 Å². The van der Waals surface area contributed by atoms with Gasteiger partial charge in [0.05, 0.1) is 0 Å². The third-order valence-electron chi connectivity index (χ3n) is 1.84. The Morgan fingerprint density at radius 2 is 2.00 bits per heavy atom. The molecule has 0 heterocycles. The summed E-state index contributed by atoms with van der Waals surface area (Å²) in [6.07, 6.45) is 1.94. The molecule has 0 spiro atoms. The van der Waals surface area contributed by atoms with E-state index >= 15 is 0 Å². The van der Waals surface area contributed by atoms with Crippen LogP contribution in [0.4, 0.5) is 0 Å². The first-order valence-corrected chi connectivity index (χ1v) is 4.84. The molecule has 0 aliphatic carbocycles. The molecule has 0 saturated heterocycles. The lowest BCUT2D eigenvalue weighted by atomic mass is 10.0. The molecule has 0 saturated carbocycles. The number of aliphatic carboxylic acids is 1. The van der Waals surface area contributed by atoms with Crippen molar-refractivity contribution in [2.24, 2.45) is 0 Å². The Morgan fingerprint density at radius 1 is 1.46 bits per heavy atom. The number of carboxylic acids is 1. The third kappa shape index (κ3) is 7.78. The minimum atomic E-state index is -0.714. The van der Waals surface area contributed by atoms with Crippen LogP contribution in [-0.2, 0) is 4.79 Å². The zero-order valence-corrected chi connectivity index (χ0v) is 9.05. The van der Waals surface area contributed by atoms with Crippen LogP contribution < -0.4 is 5.32 Å². The fourth-order valence-corrected chi connectivity index (χ4v) is 1.29. The van der Waals surface area contributed by atoms with Crippen molar-refractivity contribution in [3.63, 3.8) is 0 Å². The first-order valence-electron chi connectivity index (χ1n) is 4.84. The summed E-state index contributed by atoms with van der Waals surface area (Å²) in [4.78, 5) is 10.4. The quantitative estimate of drug-likeness (QED) is 0.692. The van der Waals surface area contributed by atoms with Crippen LogP contribution in [0.15, 0.2) is 0 Å². The molecule has 13 heavy (non-hydrogen) atoms. The highest BCUT2D eigenvalue weighted by Gasteiger charge is 2.16. The normalized spacial score (nSPS) is 14.2. The minimum absolute atomic E-state index is 0.0686. The smallest absolute Gasteiger partial charge is 0.303 e. The maximum atomic E-state index is 10.4. The Labute approximate surface area is 80.5 Å². The molecule has 78 valence electrons. The highest BCUT2D eigenvalue weighted by molar-refractivity contribution is 5.66. The van der Waals surface area contributed by atoms with E-state index in [2.05, 4.69) is 33.0 Å².